The van der Waals surface area contributed by atoms with Gasteiger partial charge in [-0.25, -0.2) is 13.6 Å². The molecule has 4 N–H and O–H groups in total. The largest absolute Gasteiger partial charge is 0.493 e. The average Bonchev–Trinajstić information content (AvgIpc) is 2.95. The zero-order valence-electron chi connectivity index (χ0n) is 15.0. The Kier molecular flexibility index (Phi) is 5.11. The fourth-order valence-corrected chi connectivity index (χ4v) is 3.15. The van der Waals surface area contributed by atoms with Crippen molar-refractivity contribution in [1.29, 1.82) is 0 Å². The standard InChI is InChI=1S/C19H20N4O3S/c1-3-12(2)11-13-5-4-6-16-17(13)18(19(24)21-16)23-22-14-7-9-15(10-8-14)27(20,25)26/h4-11,21,24H,3H2,1-2H3,(H2,20,25,26)/b12-11-,23-22?. The Morgan fingerprint density at radius 3 is 2.52 bits per heavy atom. The summed E-state index contributed by atoms with van der Waals surface area (Å²) in [4.78, 5) is 2.90. The van der Waals surface area contributed by atoms with Gasteiger partial charge in [-0.1, -0.05) is 30.7 Å². The SMILES string of the molecule is CC/C(C)=C\c1cccc2[nH]c(O)c(N=Nc3ccc(S(N)(=O)=O)cc3)c12. The van der Waals surface area contributed by atoms with Crippen LogP contribution in [0.25, 0.3) is 17.0 Å². The molecule has 1 aromatic heterocycles. The molecule has 2 aromatic carbocycles. The van der Waals surface area contributed by atoms with Gasteiger partial charge in [0.05, 0.1) is 16.1 Å². The molecule has 0 saturated heterocycles. The second kappa shape index (κ2) is 7.34. The molecule has 0 saturated carbocycles. The highest BCUT2D eigenvalue weighted by Crippen LogP contribution is 2.39. The van der Waals surface area contributed by atoms with E-state index in [0.717, 1.165) is 22.9 Å². The zero-order chi connectivity index (χ0) is 19.6. The summed E-state index contributed by atoms with van der Waals surface area (Å²) in [6.07, 6.45) is 2.97. The Labute approximate surface area is 157 Å². The third kappa shape index (κ3) is 4.07. The Morgan fingerprint density at radius 1 is 1.19 bits per heavy atom. The summed E-state index contributed by atoms with van der Waals surface area (Å²) in [6, 6.07) is 11.4. The van der Waals surface area contributed by atoms with Crippen LogP contribution in [0.2, 0.25) is 0 Å². The monoisotopic (exact) mass is 384 g/mol. The quantitative estimate of drug-likeness (QED) is 0.550. The number of aromatic hydroxyl groups is 1. The van der Waals surface area contributed by atoms with Crippen molar-refractivity contribution in [3.05, 3.63) is 53.6 Å². The lowest BCUT2D eigenvalue weighted by atomic mass is 10.1. The highest BCUT2D eigenvalue weighted by Gasteiger charge is 2.13. The lowest BCUT2D eigenvalue weighted by Gasteiger charge is -2.01. The minimum atomic E-state index is -3.76. The number of sulfonamides is 1. The van der Waals surface area contributed by atoms with Crippen LogP contribution in [0.4, 0.5) is 11.4 Å². The highest BCUT2D eigenvalue weighted by molar-refractivity contribution is 7.89. The Morgan fingerprint density at radius 2 is 1.89 bits per heavy atom. The van der Waals surface area contributed by atoms with Gasteiger partial charge < -0.3 is 10.1 Å². The number of allylic oxidation sites excluding steroid dienone is 1. The molecule has 0 fully saturated rings. The Bertz CT molecular complexity index is 1140. The topological polar surface area (TPSA) is 121 Å². The number of aromatic amines is 1. The van der Waals surface area contributed by atoms with Gasteiger partial charge in [0.15, 0.2) is 5.69 Å². The average molecular weight is 384 g/mol. The molecular weight excluding hydrogens is 364 g/mol. The van der Waals surface area contributed by atoms with E-state index >= 15 is 0 Å². The summed E-state index contributed by atoms with van der Waals surface area (Å²) in [7, 11) is -3.76. The minimum absolute atomic E-state index is 0.00106. The molecule has 8 heteroatoms. The van der Waals surface area contributed by atoms with Crippen LogP contribution in [0.15, 0.2) is 63.2 Å². The summed E-state index contributed by atoms with van der Waals surface area (Å²) in [5.74, 6) is -0.0788. The van der Waals surface area contributed by atoms with E-state index in [-0.39, 0.29) is 10.8 Å². The molecule has 0 bridgehead atoms. The van der Waals surface area contributed by atoms with Crippen LogP contribution in [0.5, 0.6) is 5.88 Å². The van der Waals surface area contributed by atoms with Crippen molar-refractivity contribution in [2.75, 3.05) is 0 Å². The summed E-state index contributed by atoms with van der Waals surface area (Å²) in [5.41, 5.74) is 3.65. The Balaban J connectivity index is 2.04. The number of nitrogens with two attached hydrogens (primary N) is 1. The fourth-order valence-electron chi connectivity index (χ4n) is 2.64. The van der Waals surface area contributed by atoms with Crippen LogP contribution < -0.4 is 5.14 Å². The number of H-pyrrole nitrogens is 1. The number of primary sulfonamides is 1. The minimum Gasteiger partial charge on any atom is -0.493 e. The van der Waals surface area contributed by atoms with Gasteiger partial charge in [-0.3, -0.25) is 0 Å². The third-order valence-corrected chi connectivity index (χ3v) is 5.13. The van der Waals surface area contributed by atoms with E-state index in [0.29, 0.717) is 11.4 Å². The first-order valence-corrected chi connectivity index (χ1v) is 9.89. The number of aromatic nitrogens is 1. The normalized spacial score (nSPS) is 12.9. The number of azo groups is 1. The second-order valence-corrected chi connectivity index (χ2v) is 7.74. The number of hydrogen-bond donors (Lipinski definition) is 3. The zero-order valence-corrected chi connectivity index (χ0v) is 15.8. The Hall–Kier alpha value is -2.97. The van der Waals surface area contributed by atoms with E-state index < -0.39 is 10.0 Å². The molecule has 27 heavy (non-hydrogen) atoms. The van der Waals surface area contributed by atoms with Gasteiger partial charge in [-0.05, 0) is 49.2 Å². The molecular formula is C19H20N4O3S. The van der Waals surface area contributed by atoms with Gasteiger partial charge in [0.2, 0.25) is 15.9 Å². The summed E-state index contributed by atoms with van der Waals surface area (Å²) >= 11 is 0. The van der Waals surface area contributed by atoms with Crippen molar-refractivity contribution >= 4 is 38.4 Å². The maximum Gasteiger partial charge on any atom is 0.238 e. The van der Waals surface area contributed by atoms with Gasteiger partial charge in [0.1, 0.15) is 0 Å². The molecule has 0 spiro atoms. The van der Waals surface area contributed by atoms with E-state index in [1.54, 1.807) is 0 Å². The van der Waals surface area contributed by atoms with Crippen molar-refractivity contribution in [2.24, 2.45) is 15.4 Å². The van der Waals surface area contributed by atoms with Crippen LogP contribution in [0.1, 0.15) is 25.8 Å². The predicted molar refractivity (Wildman–Crippen MR) is 106 cm³/mol. The molecule has 0 aliphatic carbocycles. The van der Waals surface area contributed by atoms with Crippen LogP contribution in [0.3, 0.4) is 0 Å². The molecule has 0 amide bonds. The van der Waals surface area contributed by atoms with E-state index in [1.165, 1.54) is 29.8 Å². The van der Waals surface area contributed by atoms with E-state index in [9.17, 15) is 13.5 Å². The first kappa shape index (κ1) is 18.8. The molecule has 0 aliphatic rings. The molecule has 3 aromatic rings. The molecule has 7 nitrogen and oxygen atoms in total. The third-order valence-electron chi connectivity index (χ3n) is 4.20. The number of nitrogens with one attached hydrogen (secondary N) is 1. The molecule has 140 valence electrons. The molecule has 1 heterocycles. The highest BCUT2D eigenvalue weighted by atomic mass is 32.2. The van der Waals surface area contributed by atoms with Gasteiger partial charge in [0, 0.05) is 5.39 Å². The van der Waals surface area contributed by atoms with Crippen molar-refractivity contribution < 1.29 is 13.5 Å². The molecule has 3 rings (SSSR count). The molecule has 0 radical (unpaired) electrons. The number of hydrogen-bond acceptors (Lipinski definition) is 5. The van der Waals surface area contributed by atoms with Crippen molar-refractivity contribution in [3.8, 4) is 5.88 Å². The first-order valence-electron chi connectivity index (χ1n) is 8.35. The van der Waals surface area contributed by atoms with Crippen LogP contribution in [0, 0.1) is 0 Å². The van der Waals surface area contributed by atoms with Crippen LogP contribution in [-0.2, 0) is 10.0 Å². The van der Waals surface area contributed by atoms with Crippen molar-refractivity contribution in [2.45, 2.75) is 25.2 Å². The van der Waals surface area contributed by atoms with E-state index in [1.807, 2.05) is 25.1 Å². The van der Waals surface area contributed by atoms with Gasteiger partial charge >= 0.3 is 0 Å². The second-order valence-electron chi connectivity index (χ2n) is 6.18. The van der Waals surface area contributed by atoms with E-state index in [2.05, 4.69) is 28.2 Å². The molecule has 0 atom stereocenters. The number of rotatable bonds is 5. The number of benzene rings is 2. The van der Waals surface area contributed by atoms with Gasteiger partial charge in [-0.2, -0.15) is 5.11 Å². The maximum atomic E-state index is 11.3. The molecule has 0 unspecified atom stereocenters. The predicted octanol–water partition coefficient (Wildman–Crippen LogP) is 4.75. The van der Waals surface area contributed by atoms with Crippen molar-refractivity contribution in [1.82, 2.24) is 4.98 Å². The maximum absolute atomic E-state index is 11.3. The summed E-state index contributed by atoms with van der Waals surface area (Å²) in [6.45, 7) is 4.12. The number of nitrogens with zero attached hydrogens (tertiary/aromatic N) is 2. The summed E-state index contributed by atoms with van der Waals surface area (Å²) in [5, 5.41) is 24.4. The van der Waals surface area contributed by atoms with Gasteiger partial charge in [-0.15, -0.1) is 5.11 Å². The van der Waals surface area contributed by atoms with Gasteiger partial charge in [0.25, 0.3) is 0 Å². The lowest BCUT2D eigenvalue weighted by Crippen LogP contribution is -2.11. The fraction of sp³-hybridized carbons (Fsp3) is 0.158. The van der Waals surface area contributed by atoms with E-state index in [4.69, 9.17) is 5.14 Å². The van der Waals surface area contributed by atoms with Crippen LogP contribution >= 0.6 is 0 Å². The lowest BCUT2D eigenvalue weighted by molar-refractivity contribution is 0.459. The van der Waals surface area contributed by atoms with Crippen molar-refractivity contribution in [3.63, 3.8) is 0 Å². The van der Waals surface area contributed by atoms with Crippen LogP contribution in [-0.4, -0.2) is 18.5 Å². The smallest absolute Gasteiger partial charge is 0.238 e. The number of fused-ring (bicyclic) bond motifs is 1. The summed E-state index contributed by atoms with van der Waals surface area (Å²) < 4.78 is 22.6. The molecule has 0 aliphatic heterocycles. The first-order chi connectivity index (χ1) is 12.8.